The van der Waals surface area contributed by atoms with Crippen molar-refractivity contribution in [3.05, 3.63) is 36.2 Å². The van der Waals surface area contributed by atoms with Gasteiger partial charge in [-0.25, -0.2) is 0 Å². The molecule has 0 saturated carbocycles. The van der Waals surface area contributed by atoms with Crippen LogP contribution in [0.4, 0.5) is 0 Å². The number of nitrogens with two attached hydrogens (primary N) is 1. The van der Waals surface area contributed by atoms with E-state index in [0.29, 0.717) is 24.2 Å². The van der Waals surface area contributed by atoms with Crippen LogP contribution >= 0.6 is 0 Å². The average Bonchev–Trinajstić information content (AvgIpc) is 2.44. The van der Waals surface area contributed by atoms with E-state index in [4.69, 9.17) is 5.73 Å². The maximum Gasteiger partial charge on any atom is 0.253 e. The van der Waals surface area contributed by atoms with E-state index in [1.165, 1.54) is 0 Å². The van der Waals surface area contributed by atoms with E-state index >= 15 is 0 Å². The summed E-state index contributed by atoms with van der Waals surface area (Å²) in [4.78, 5) is 20.7. The summed E-state index contributed by atoms with van der Waals surface area (Å²) in [6, 6.07) is 5.43. The van der Waals surface area contributed by atoms with Gasteiger partial charge in [-0.15, -0.1) is 0 Å². The number of hydrogen-bond acceptors (Lipinski definition) is 4. The number of fused-ring (bicyclic) bond motifs is 1. The van der Waals surface area contributed by atoms with Crippen LogP contribution in [0.2, 0.25) is 0 Å². The number of carbonyl (C=O) groups is 1. The molecule has 0 radical (unpaired) electrons. The first-order chi connectivity index (χ1) is 9.53. The lowest BCUT2D eigenvalue weighted by atomic mass is 9.89. The quantitative estimate of drug-likeness (QED) is 0.868. The van der Waals surface area contributed by atoms with Gasteiger partial charge in [0.05, 0.1) is 11.1 Å². The van der Waals surface area contributed by atoms with Crippen molar-refractivity contribution in [2.45, 2.75) is 20.3 Å². The molecule has 1 amide bonds. The number of aromatic nitrogens is 2. The first kappa shape index (κ1) is 14.4. The molecule has 1 aromatic heterocycles. The summed E-state index contributed by atoms with van der Waals surface area (Å²) in [5.74, 6) is -0.124. The zero-order valence-electron chi connectivity index (χ0n) is 11.9. The summed E-state index contributed by atoms with van der Waals surface area (Å²) in [7, 11) is 0. The SMILES string of the molecule is CC(C)(CCN)CNC(=O)c1cccc2nccnc12. The van der Waals surface area contributed by atoms with Gasteiger partial charge in [0.1, 0.15) is 5.52 Å². The highest BCUT2D eigenvalue weighted by Gasteiger charge is 2.19. The number of nitrogens with one attached hydrogen (secondary N) is 1. The van der Waals surface area contributed by atoms with E-state index in [0.717, 1.165) is 11.9 Å². The van der Waals surface area contributed by atoms with Crippen molar-refractivity contribution in [2.24, 2.45) is 11.1 Å². The Hall–Kier alpha value is -2.01. The minimum absolute atomic E-state index is 0.0132. The number of nitrogens with zero attached hydrogens (tertiary/aromatic N) is 2. The lowest BCUT2D eigenvalue weighted by Crippen LogP contribution is -2.35. The normalized spacial score (nSPS) is 11.6. The van der Waals surface area contributed by atoms with Crippen LogP contribution in [0.3, 0.4) is 0 Å². The first-order valence-electron chi connectivity index (χ1n) is 6.71. The third kappa shape index (κ3) is 3.30. The van der Waals surface area contributed by atoms with E-state index in [-0.39, 0.29) is 11.3 Å². The average molecular weight is 272 g/mol. The van der Waals surface area contributed by atoms with Gasteiger partial charge < -0.3 is 11.1 Å². The van der Waals surface area contributed by atoms with Crippen LogP contribution < -0.4 is 11.1 Å². The van der Waals surface area contributed by atoms with Crippen LogP contribution in [0.1, 0.15) is 30.6 Å². The summed E-state index contributed by atoms with van der Waals surface area (Å²) in [6.07, 6.45) is 4.08. The zero-order valence-corrected chi connectivity index (χ0v) is 11.9. The predicted molar refractivity (Wildman–Crippen MR) is 79.3 cm³/mol. The van der Waals surface area contributed by atoms with Gasteiger partial charge in [-0.05, 0) is 30.5 Å². The maximum atomic E-state index is 12.3. The van der Waals surface area contributed by atoms with E-state index in [1.54, 1.807) is 18.5 Å². The van der Waals surface area contributed by atoms with Crippen LogP contribution in [0.5, 0.6) is 0 Å². The number of rotatable bonds is 5. The van der Waals surface area contributed by atoms with Crippen LogP contribution in [0.15, 0.2) is 30.6 Å². The molecule has 0 aliphatic rings. The van der Waals surface area contributed by atoms with E-state index < -0.39 is 0 Å². The van der Waals surface area contributed by atoms with Crippen molar-refractivity contribution in [1.29, 1.82) is 0 Å². The topological polar surface area (TPSA) is 80.9 Å². The van der Waals surface area contributed by atoms with Crippen LogP contribution in [-0.2, 0) is 0 Å². The Bertz CT molecular complexity index is 604. The van der Waals surface area contributed by atoms with Gasteiger partial charge in [0.15, 0.2) is 0 Å². The molecule has 3 N–H and O–H groups in total. The molecular weight excluding hydrogens is 252 g/mol. The fourth-order valence-electron chi connectivity index (χ4n) is 2.07. The van der Waals surface area contributed by atoms with Crippen molar-refractivity contribution >= 4 is 16.9 Å². The second kappa shape index (κ2) is 5.96. The van der Waals surface area contributed by atoms with Gasteiger partial charge in [-0.3, -0.25) is 14.8 Å². The Balaban J connectivity index is 2.16. The highest BCUT2D eigenvalue weighted by atomic mass is 16.1. The third-order valence-corrected chi connectivity index (χ3v) is 3.29. The van der Waals surface area contributed by atoms with Crippen LogP contribution in [-0.4, -0.2) is 29.0 Å². The minimum Gasteiger partial charge on any atom is -0.351 e. The molecule has 0 fully saturated rings. The molecule has 0 bridgehead atoms. The van der Waals surface area contributed by atoms with Gasteiger partial charge in [0.2, 0.25) is 0 Å². The second-order valence-electron chi connectivity index (χ2n) is 5.62. The van der Waals surface area contributed by atoms with E-state index in [2.05, 4.69) is 29.1 Å². The number of carbonyl (C=O) groups excluding carboxylic acids is 1. The van der Waals surface area contributed by atoms with Gasteiger partial charge in [0, 0.05) is 18.9 Å². The van der Waals surface area contributed by atoms with Gasteiger partial charge in [-0.1, -0.05) is 19.9 Å². The van der Waals surface area contributed by atoms with E-state index in [9.17, 15) is 4.79 Å². The standard InChI is InChI=1S/C15H20N4O/c1-15(2,6-7-16)10-19-14(20)11-4-3-5-12-13(11)18-9-8-17-12/h3-5,8-9H,6-7,10,16H2,1-2H3,(H,19,20). The molecule has 0 spiro atoms. The molecule has 0 aliphatic heterocycles. The predicted octanol–water partition coefficient (Wildman–Crippen LogP) is 1.73. The highest BCUT2D eigenvalue weighted by Crippen LogP contribution is 2.19. The fraction of sp³-hybridized carbons (Fsp3) is 0.400. The molecule has 0 saturated heterocycles. The summed E-state index contributed by atoms with van der Waals surface area (Å²) in [5, 5.41) is 2.95. The molecule has 1 heterocycles. The summed E-state index contributed by atoms with van der Waals surface area (Å²) in [5.41, 5.74) is 7.47. The largest absolute Gasteiger partial charge is 0.351 e. The summed E-state index contributed by atoms with van der Waals surface area (Å²) in [6.45, 7) is 5.37. The molecule has 106 valence electrons. The zero-order chi connectivity index (χ0) is 14.6. The molecule has 5 heteroatoms. The van der Waals surface area contributed by atoms with Crippen molar-refractivity contribution in [3.63, 3.8) is 0 Å². The minimum atomic E-state index is -0.124. The lowest BCUT2D eigenvalue weighted by molar-refractivity contribution is 0.0936. The lowest BCUT2D eigenvalue weighted by Gasteiger charge is -2.24. The Labute approximate surface area is 118 Å². The molecule has 2 aromatic rings. The Morgan fingerprint density at radius 1 is 1.30 bits per heavy atom. The van der Waals surface area contributed by atoms with Crippen molar-refractivity contribution < 1.29 is 4.79 Å². The van der Waals surface area contributed by atoms with Crippen molar-refractivity contribution in [2.75, 3.05) is 13.1 Å². The third-order valence-electron chi connectivity index (χ3n) is 3.29. The Morgan fingerprint density at radius 3 is 2.80 bits per heavy atom. The fourth-order valence-corrected chi connectivity index (χ4v) is 2.07. The number of para-hydroxylation sites is 1. The molecule has 20 heavy (non-hydrogen) atoms. The van der Waals surface area contributed by atoms with Crippen LogP contribution in [0.25, 0.3) is 11.0 Å². The first-order valence-corrected chi connectivity index (χ1v) is 6.71. The number of hydrogen-bond donors (Lipinski definition) is 2. The molecule has 1 aromatic carbocycles. The number of amides is 1. The molecule has 0 aliphatic carbocycles. The monoisotopic (exact) mass is 272 g/mol. The molecular formula is C15H20N4O. The number of benzene rings is 1. The second-order valence-corrected chi connectivity index (χ2v) is 5.62. The van der Waals surface area contributed by atoms with Crippen molar-refractivity contribution in [3.8, 4) is 0 Å². The smallest absolute Gasteiger partial charge is 0.253 e. The molecule has 2 rings (SSSR count). The Morgan fingerprint density at radius 2 is 2.05 bits per heavy atom. The van der Waals surface area contributed by atoms with Crippen molar-refractivity contribution in [1.82, 2.24) is 15.3 Å². The molecule has 0 unspecified atom stereocenters. The molecule has 0 atom stereocenters. The maximum absolute atomic E-state index is 12.3. The molecule has 5 nitrogen and oxygen atoms in total. The Kier molecular flexibility index (Phi) is 4.29. The van der Waals surface area contributed by atoms with E-state index in [1.807, 2.05) is 12.1 Å². The highest BCUT2D eigenvalue weighted by molar-refractivity contribution is 6.04. The van der Waals surface area contributed by atoms with Crippen LogP contribution in [0, 0.1) is 5.41 Å². The van der Waals surface area contributed by atoms with Gasteiger partial charge >= 0.3 is 0 Å². The summed E-state index contributed by atoms with van der Waals surface area (Å²) < 4.78 is 0. The summed E-state index contributed by atoms with van der Waals surface area (Å²) >= 11 is 0. The van der Waals surface area contributed by atoms with Gasteiger partial charge in [0.25, 0.3) is 5.91 Å². The van der Waals surface area contributed by atoms with Gasteiger partial charge in [-0.2, -0.15) is 0 Å².